The van der Waals surface area contributed by atoms with E-state index in [1.165, 1.54) is 12.8 Å². The predicted octanol–water partition coefficient (Wildman–Crippen LogP) is 4.35. The Labute approximate surface area is 131 Å². The summed E-state index contributed by atoms with van der Waals surface area (Å²) in [6, 6.07) is 6.35. The summed E-state index contributed by atoms with van der Waals surface area (Å²) in [7, 11) is 0. The van der Waals surface area contributed by atoms with Gasteiger partial charge in [-0.1, -0.05) is 30.1 Å². The Morgan fingerprint density at radius 1 is 1.35 bits per heavy atom. The third-order valence-corrected chi connectivity index (χ3v) is 5.39. The van der Waals surface area contributed by atoms with Crippen molar-refractivity contribution in [2.45, 2.75) is 44.7 Å². The first-order valence-electron chi connectivity index (χ1n) is 7.50. The van der Waals surface area contributed by atoms with Crippen molar-refractivity contribution >= 4 is 28.9 Å². The monoisotopic (exact) mass is 312 g/mol. The SMILES string of the molecule is CCC1CNC(C)(C2CC2)CN1c1ccc(Cl)cc1Cl. The van der Waals surface area contributed by atoms with Crippen molar-refractivity contribution in [3.05, 3.63) is 28.2 Å². The minimum Gasteiger partial charge on any atom is -0.364 e. The predicted molar refractivity (Wildman–Crippen MR) is 87.0 cm³/mol. The second kappa shape index (κ2) is 5.40. The highest BCUT2D eigenvalue weighted by Crippen LogP contribution is 2.43. The van der Waals surface area contributed by atoms with Crippen LogP contribution in [0.2, 0.25) is 10.0 Å². The molecule has 4 heteroatoms. The van der Waals surface area contributed by atoms with E-state index in [4.69, 9.17) is 23.2 Å². The summed E-state index contributed by atoms with van der Waals surface area (Å²) >= 11 is 12.5. The van der Waals surface area contributed by atoms with E-state index in [-0.39, 0.29) is 5.54 Å². The van der Waals surface area contributed by atoms with Gasteiger partial charge in [0.15, 0.2) is 0 Å². The molecule has 3 rings (SSSR count). The Kier molecular flexibility index (Phi) is 3.91. The van der Waals surface area contributed by atoms with Crippen molar-refractivity contribution in [2.75, 3.05) is 18.0 Å². The standard InChI is InChI=1S/C16H22Cl2N2/c1-3-13-9-19-16(2,11-4-5-11)10-20(13)15-7-6-12(17)8-14(15)18/h6-8,11,13,19H,3-5,9-10H2,1-2H3. The van der Waals surface area contributed by atoms with Gasteiger partial charge in [0, 0.05) is 29.7 Å². The molecule has 2 aliphatic rings. The highest BCUT2D eigenvalue weighted by molar-refractivity contribution is 6.36. The zero-order valence-corrected chi connectivity index (χ0v) is 13.6. The number of nitrogens with one attached hydrogen (secondary N) is 1. The number of halogens is 2. The first-order valence-corrected chi connectivity index (χ1v) is 8.26. The highest BCUT2D eigenvalue weighted by Gasteiger charge is 2.46. The Morgan fingerprint density at radius 2 is 2.10 bits per heavy atom. The van der Waals surface area contributed by atoms with E-state index in [9.17, 15) is 0 Å². The van der Waals surface area contributed by atoms with E-state index in [0.29, 0.717) is 11.1 Å². The van der Waals surface area contributed by atoms with E-state index in [1.807, 2.05) is 12.1 Å². The fraction of sp³-hybridized carbons (Fsp3) is 0.625. The summed E-state index contributed by atoms with van der Waals surface area (Å²) in [5, 5.41) is 5.24. The van der Waals surface area contributed by atoms with Gasteiger partial charge >= 0.3 is 0 Å². The number of anilines is 1. The minimum absolute atomic E-state index is 0.217. The zero-order valence-electron chi connectivity index (χ0n) is 12.1. The van der Waals surface area contributed by atoms with Gasteiger partial charge in [0.05, 0.1) is 10.7 Å². The summed E-state index contributed by atoms with van der Waals surface area (Å²) in [5.74, 6) is 0.814. The average molecular weight is 313 g/mol. The molecule has 2 unspecified atom stereocenters. The molecule has 0 aromatic heterocycles. The Balaban J connectivity index is 1.90. The van der Waals surface area contributed by atoms with Gasteiger partial charge in [0.25, 0.3) is 0 Å². The number of piperazine rings is 1. The summed E-state index contributed by atoms with van der Waals surface area (Å²) in [5.41, 5.74) is 1.34. The number of nitrogens with zero attached hydrogens (tertiary/aromatic N) is 1. The van der Waals surface area contributed by atoms with E-state index >= 15 is 0 Å². The van der Waals surface area contributed by atoms with Crippen molar-refractivity contribution in [1.29, 1.82) is 0 Å². The molecule has 1 N–H and O–H groups in total. The smallest absolute Gasteiger partial charge is 0.0654 e. The second-order valence-electron chi connectivity index (χ2n) is 6.36. The van der Waals surface area contributed by atoms with Crippen molar-refractivity contribution in [1.82, 2.24) is 5.32 Å². The van der Waals surface area contributed by atoms with Gasteiger partial charge in [-0.15, -0.1) is 0 Å². The van der Waals surface area contributed by atoms with Crippen LogP contribution >= 0.6 is 23.2 Å². The summed E-state index contributed by atoms with van der Waals surface area (Å²) in [6.45, 7) is 6.65. The van der Waals surface area contributed by atoms with Gasteiger partial charge in [-0.2, -0.15) is 0 Å². The Morgan fingerprint density at radius 3 is 2.70 bits per heavy atom. The molecule has 2 atom stereocenters. The molecule has 1 saturated carbocycles. The highest BCUT2D eigenvalue weighted by atomic mass is 35.5. The molecule has 0 radical (unpaired) electrons. The molecular weight excluding hydrogens is 291 g/mol. The van der Waals surface area contributed by atoms with E-state index < -0.39 is 0 Å². The van der Waals surface area contributed by atoms with Crippen molar-refractivity contribution < 1.29 is 0 Å². The molecule has 0 amide bonds. The molecule has 1 aromatic rings. The average Bonchev–Trinajstić information content (AvgIpc) is 3.23. The van der Waals surface area contributed by atoms with Crippen molar-refractivity contribution in [3.8, 4) is 0 Å². The first kappa shape index (κ1) is 14.5. The molecule has 0 bridgehead atoms. The van der Waals surface area contributed by atoms with Crippen LogP contribution in [0.1, 0.15) is 33.1 Å². The molecular formula is C16H22Cl2N2. The maximum absolute atomic E-state index is 6.43. The number of rotatable bonds is 3. The van der Waals surface area contributed by atoms with Gasteiger partial charge in [-0.05, 0) is 50.3 Å². The van der Waals surface area contributed by atoms with Crippen LogP contribution < -0.4 is 10.2 Å². The Bertz CT molecular complexity index is 501. The molecule has 1 aromatic carbocycles. The zero-order chi connectivity index (χ0) is 14.3. The van der Waals surface area contributed by atoms with Crippen LogP contribution in [-0.2, 0) is 0 Å². The number of hydrogen-bond acceptors (Lipinski definition) is 2. The van der Waals surface area contributed by atoms with Crippen LogP contribution in [0.4, 0.5) is 5.69 Å². The van der Waals surface area contributed by atoms with E-state index in [1.54, 1.807) is 0 Å². The van der Waals surface area contributed by atoms with Gasteiger partial charge in [-0.25, -0.2) is 0 Å². The normalized spacial score (nSPS) is 30.6. The van der Waals surface area contributed by atoms with Crippen LogP contribution in [0, 0.1) is 5.92 Å². The lowest BCUT2D eigenvalue weighted by Crippen LogP contribution is -2.64. The van der Waals surface area contributed by atoms with Crippen LogP contribution in [0.25, 0.3) is 0 Å². The van der Waals surface area contributed by atoms with Crippen LogP contribution in [0.15, 0.2) is 18.2 Å². The molecule has 110 valence electrons. The quantitative estimate of drug-likeness (QED) is 0.892. The lowest BCUT2D eigenvalue weighted by atomic mass is 9.90. The summed E-state index contributed by atoms with van der Waals surface area (Å²) in [4.78, 5) is 2.48. The third-order valence-electron chi connectivity index (χ3n) is 4.85. The lowest BCUT2D eigenvalue weighted by molar-refractivity contribution is 0.252. The second-order valence-corrected chi connectivity index (χ2v) is 7.20. The van der Waals surface area contributed by atoms with E-state index in [0.717, 1.165) is 36.1 Å². The van der Waals surface area contributed by atoms with Crippen molar-refractivity contribution in [2.24, 2.45) is 5.92 Å². The summed E-state index contributed by atoms with van der Waals surface area (Å²) < 4.78 is 0. The molecule has 1 aliphatic heterocycles. The largest absolute Gasteiger partial charge is 0.364 e. The maximum Gasteiger partial charge on any atom is 0.0654 e. The minimum atomic E-state index is 0.217. The summed E-state index contributed by atoms with van der Waals surface area (Å²) in [6.07, 6.45) is 3.82. The van der Waals surface area contributed by atoms with Gasteiger partial charge in [0.1, 0.15) is 0 Å². The molecule has 0 spiro atoms. The number of hydrogen-bond donors (Lipinski definition) is 1. The third kappa shape index (κ3) is 2.66. The molecule has 1 heterocycles. The van der Waals surface area contributed by atoms with Gasteiger partial charge < -0.3 is 10.2 Å². The fourth-order valence-electron chi connectivity index (χ4n) is 3.35. The molecule has 1 saturated heterocycles. The van der Waals surface area contributed by atoms with Gasteiger partial charge in [0.2, 0.25) is 0 Å². The lowest BCUT2D eigenvalue weighted by Gasteiger charge is -2.48. The van der Waals surface area contributed by atoms with Crippen LogP contribution in [0.5, 0.6) is 0 Å². The molecule has 2 fully saturated rings. The van der Waals surface area contributed by atoms with Gasteiger partial charge in [-0.3, -0.25) is 0 Å². The molecule has 2 nitrogen and oxygen atoms in total. The van der Waals surface area contributed by atoms with Crippen molar-refractivity contribution in [3.63, 3.8) is 0 Å². The van der Waals surface area contributed by atoms with Crippen LogP contribution in [-0.4, -0.2) is 24.7 Å². The fourth-order valence-corrected chi connectivity index (χ4v) is 3.87. The first-order chi connectivity index (χ1) is 9.53. The van der Waals surface area contributed by atoms with E-state index in [2.05, 4.69) is 30.1 Å². The van der Waals surface area contributed by atoms with Crippen LogP contribution in [0.3, 0.4) is 0 Å². The number of benzene rings is 1. The topological polar surface area (TPSA) is 15.3 Å². The molecule has 20 heavy (non-hydrogen) atoms. The molecule has 1 aliphatic carbocycles. The maximum atomic E-state index is 6.43. The Hall–Kier alpha value is -0.440.